The lowest BCUT2D eigenvalue weighted by molar-refractivity contribution is 0.374. The highest BCUT2D eigenvalue weighted by Gasteiger charge is 2.06. The molecule has 0 saturated carbocycles. The van der Waals surface area contributed by atoms with Gasteiger partial charge in [-0.1, -0.05) is 0 Å². The van der Waals surface area contributed by atoms with E-state index in [1.165, 1.54) is 24.3 Å². The second-order valence-electron chi connectivity index (χ2n) is 3.06. The molecule has 1 aromatic rings. The van der Waals surface area contributed by atoms with Crippen molar-refractivity contribution in [1.82, 2.24) is 0 Å². The number of hydrogen-bond acceptors (Lipinski definition) is 4. The average molecular weight is 228 g/mol. The van der Waals surface area contributed by atoms with E-state index in [9.17, 15) is 8.42 Å². The third-order valence-corrected chi connectivity index (χ3v) is 2.77. The molecule has 0 bridgehead atoms. The van der Waals surface area contributed by atoms with Gasteiger partial charge in [-0.3, -0.25) is 5.41 Å². The predicted molar refractivity (Wildman–Crippen MR) is 57.0 cm³/mol. The zero-order chi connectivity index (χ0) is 11.5. The minimum Gasteiger partial charge on any atom is -0.486 e. The van der Waals surface area contributed by atoms with Crippen molar-refractivity contribution in [2.45, 2.75) is 4.90 Å². The summed E-state index contributed by atoms with van der Waals surface area (Å²) >= 11 is 0. The summed E-state index contributed by atoms with van der Waals surface area (Å²) in [5, 5.41) is 6.94. The summed E-state index contributed by atoms with van der Waals surface area (Å²) in [5.41, 5.74) is 5.10. The summed E-state index contributed by atoms with van der Waals surface area (Å²) in [6.45, 7) is -0.00176. The largest absolute Gasteiger partial charge is 0.486 e. The van der Waals surface area contributed by atoms with Crippen molar-refractivity contribution in [3.8, 4) is 5.75 Å². The van der Waals surface area contributed by atoms with Gasteiger partial charge < -0.3 is 10.5 Å². The molecule has 0 aromatic heterocycles. The maximum atomic E-state index is 11.1. The van der Waals surface area contributed by atoms with Crippen molar-refractivity contribution in [3.05, 3.63) is 24.3 Å². The van der Waals surface area contributed by atoms with Gasteiger partial charge in [-0.05, 0) is 24.3 Å². The Morgan fingerprint density at radius 3 is 2.33 bits per heavy atom. The SMILES string of the molecule is CS(=O)(=O)c1ccc(OCC(=N)N)cc1. The molecule has 1 aromatic carbocycles. The highest BCUT2D eigenvalue weighted by atomic mass is 32.2. The monoisotopic (exact) mass is 228 g/mol. The number of nitrogens with one attached hydrogen (secondary N) is 1. The molecular weight excluding hydrogens is 216 g/mol. The van der Waals surface area contributed by atoms with Gasteiger partial charge in [-0.25, -0.2) is 8.42 Å². The molecule has 82 valence electrons. The Kier molecular flexibility index (Phi) is 3.31. The van der Waals surface area contributed by atoms with Crippen LogP contribution in [0.1, 0.15) is 0 Å². The van der Waals surface area contributed by atoms with E-state index in [1.54, 1.807) is 0 Å². The van der Waals surface area contributed by atoms with Crippen LogP contribution in [0.5, 0.6) is 5.75 Å². The zero-order valence-corrected chi connectivity index (χ0v) is 9.04. The molecule has 0 fully saturated rings. The lowest BCUT2D eigenvalue weighted by atomic mass is 10.3. The van der Waals surface area contributed by atoms with Gasteiger partial charge in [0.1, 0.15) is 18.2 Å². The van der Waals surface area contributed by atoms with E-state index >= 15 is 0 Å². The van der Waals surface area contributed by atoms with Gasteiger partial charge >= 0.3 is 0 Å². The molecule has 0 unspecified atom stereocenters. The number of benzene rings is 1. The summed E-state index contributed by atoms with van der Waals surface area (Å²) in [5.74, 6) is 0.403. The van der Waals surface area contributed by atoms with Crippen molar-refractivity contribution >= 4 is 15.7 Å². The van der Waals surface area contributed by atoms with Crippen LogP contribution in [0.3, 0.4) is 0 Å². The smallest absolute Gasteiger partial charge is 0.175 e. The number of ether oxygens (including phenoxy) is 1. The quantitative estimate of drug-likeness (QED) is 0.576. The molecule has 0 spiro atoms. The molecule has 0 saturated heterocycles. The Labute approximate surface area is 88.3 Å². The first-order valence-electron chi connectivity index (χ1n) is 4.15. The standard InChI is InChI=1S/C9H12N2O3S/c1-15(12,13)8-4-2-7(3-5-8)14-6-9(10)11/h2-5H,6H2,1H3,(H3,10,11). The molecule has 0 radical (unpaired) electrons. The second kappa shape index (κ2) is 4.31. The molecule has 6 heteroatoms. The van der Waals surface area contributed by atoms with Crippen molar-refractivity contribution < 1.29 is 13.2 Å². The van der Waals surface area contributed by atoms with Crippen LogP contribution in [0.2, 0.25) is 0 Å². The van der Waals surface area contributed by atoms with Gasteiger partial charge in [-0.2, -0.15) is 0 Å². The van der Waals surface area contributed by atoms with Gasteiger partial charge in [0.05, 0.1) is 4.90 Å². The van der Waals surface area contributed by atoms with Gasteiger partial charge in [0.15, 0.2) is 9.84 Å². The van der Waals surface area contributed by atoms with Crippen molar-refractivity contribution in [2.24, 2.45) is 5.73 Å². The molecule has 0 aliphatic heterocycles. The average Bonchev–Trinajstić information content (AvgIpc) is 2.14. The van der Waals surface area contributed by atoms with E-state index in [2.05, 4.69) is 0 Å². The van der Waals surface area contributed by atoms with Crippen LogP contribution >= 0.6 is 0 Å². The first-order valence-corrected chi connectivity index (χ1v) is 6.04. The van der Waals surface area contributed by atoms with Gasteiger partial charge in [0.2, 0.25) is 0 Å². The van der Waals surface area contributed by atoms with E-state index in [-0.39, 0.29) is 17.3 Å². The van der Waals surface area contributed by atoms with Crippen LogP contribution < -0.4 is 10.5 Å². The summed E-state index contributed by atoms with van der Waals surface area (Å²) in [4.78, 5) is 0.234. The van der Waals surface area contributed by atoms with Crippen molar-refractivity contribution in [2.75, 3.05) is 12.9 Å². The molecule has 1 rings (SSSR count). The number of nitrogens with two attached hydrogens (primary N) is 1. The summed E-state index contributed by atoms with van der Waals surface area (Å²) in [7, 11) is -3.17. The Morgan fingerprint density at radius 2 is 1.93 bits per heavy atom. The summed E-state index contributed by atoms with van der Waals surface area (Å²) in [6, 6.07) is 5.95. The Balaban J connectivity index is 2.77. The fraction of sp³-hybridized carbons (Fsp3) is 0.222. The van der Waals surface area contributed by atoms with E-state index in [0.29, 0.717) is 5.75 Å². The molecule has 5 nitrogen and oxygen atoms in total. The molecule has 15 heavy (non-hydrogen) atoms. The van der Waals surface area contributed by atoms with E-state index in [0.717, 1.165) is 6.26 Å². The minimum absolute atomic E-state index is 0.00176. The summed E-state index contributed by atoms with van der Waals surface area (Å²) < 4.78 is 27.3. The van der Waals surface area contributed by atoms with Crippen LogP contribution in [-0.4, -0.2) is 27.1 Å². The maximum absolute atomic E-state index is 11.1. The van der Waals surface area contributed by atoms with Crippen molar-refractivity contribution in [3.63, 3.8) is 0 Å². The fourth-order valence-electron chi connectivity index (χ4n) is 0.944. The summed E-state index contributed by atoms with van der Waals surface area (Å²) in [6.07, 6.45) is 1.14. The lowest BCUT2D eigenvalue weighted by Crippen LogP contribution is -2.19. The first kappa shape index (κ1) is 11.5. The van der Waals surface area contributed by atoms with Crippen LogP contribution in [0.15, 0.2) is 29.2 Å². The van der Waals surface area contributed by atoms with Crippen molar-refractivity contribution in [1.29, 1.82) is 5.41 Å². The molecule has 0 atom stereocenters. The first-order chi connectivity index (χ1) is 6.89. The Hall–Kier alpha value is -1.56. The van der Waals surface area contributed by atoms with E-state index in [1.807, 2.05) is 0 Å². The lowest BCUT2D eigenvalue weighted by Gasteiger charge is -2.05. The second-order valence-corrected chi connectivity index (χ2v) is 5.07. The third-order valence-electron chi connectivity index (χ3n) is 1.65. The predicted octanol–water partition coefficient (Wildman–Crippen LogP) is 0.405. The van der Waals surface area contributed by atoms with E-state index < -0.39 is 9.84 Å². The Bertz CT molecular complexity index is 451. The van der Waals surface area contributed by atoms with Gasteiger partial charge in [0, 0.05) is 6.26 Å². The third kappa shape index (κ3) is 3.59. The number of rotatable bonds is 4. The number of sulfone groups is 1. The normalized spacial score (nSPS) is 11.0. The molecule has 0 heterocycles. The highest BCUT2D eigenvalue weighted by Crippen LogP contribution is 2.15. The minimum atomic E-state index is -3.17. The maximum Gasteiger partial charge on any atom is 0.175 e. The van der Waals surface area contributed by atoms with E-state index in [4.69, 9.17) is 15.9 Å². The van der Waals surface area contributed by atoms with Crippen LogP contribution in [-0.2, 0) is 9.84 Å². The molecule has 0 amide bonds. The van der Waals surface area contributed by atoms with Crippen LogP contribution in [0.4, 0.5) is 0 Å². The van der Waals surface area contributed by atoms with Crippen LogP contribution in [0.25, 0.3) is 0 Å². The molecular formula is C9H12N2O3S. The number of amidine groups is 1. The Morgan fingerprint density at radius 1 is 1.40 bits per heavy atom. The number of hydrogen-bond donors (Lipinski definition) is 2. The highest BCUT2D eigenvalue weighted by molar-refractivity contribution is 7.90. The zero-order valence-electron chi connectivity index (χ0n) is 8.23. The van der Waals surface area contributed by atoms with Crippen LogP contribution in [0, 0.1) is 5.41 Å². The van der Waals surface area contributed by atoms with Gasteiger partial charge in [-0.15, -0.1) is 0 Å². The fourth-order valence-corrected chi connectivity index (χ4v) is 1.57. The topological polar surface area (TPSA) is 93.2 Å². The molecule has 3 N–H and O–H groups in total. The molecule has 0 aliphatic carbocycles. The molecule has 0 aliphatic rings. The van der Waals surface area contributed by atoms with Gasteiger partial charge in [0.25, 0.3) is 0 Å².